The summed E-state index contributed by atoms with van der Waals surface area (Å²) in [6, 6.07) is 4.47. The number of aromatic nitrogens is 1. The average molecular weight is 357 g/mol. The molecule has 0 bridgehead atoms. The van der Waals surface area contributed by atoms with Crippen molar-refractivity contribution >= 4 is 15.9 Å². The first-order valence-electron chi connectivity index (χ1n) is 7.72. The van der Waals surface area contributed by atoms with Crippen LogP contribution in [0.15, 0.2) is 29.2 Å². The number of pyridine rings is 1. The van der Waals surface area contributed by atoms with E-state index in [0.29, 0.717) is 13.2 Å². The summed E-state index contributed by atoms with van der Waals surface area (Å²) >= 11 is 0. The van der Waals surface area contributed by atoms with Crippen LogP contribution < -0.4 is 10.9 Å². The van der Waals surface area contributed by atoms with Gasteiger partial charge in [-0.1, -0.05) is 6.07 Å². The lowest BCUT2D eigenvalue weighted by Crippen LogP contribution is -2.43. The van der Waals surface area contributed by atoms with Gasteiger partial charge in [0.05, 0.1) is 25.0 Å². The highest BCUT2D eigenvalue weighted by Crippen LogP contribution is 2.17. The van der Waals surface area contributed by atoms with Gasteiger partial charge in [-0.3, -0.25) is 9.59 Å². The summed E-state index contributed by atoms with van der Waals surface area (Å²) in [5, 5.41) is 2.82. The summed E-state index contributed by atoms with van der Waals surface area (Å²) in [6.45, 7) is 0.876. The molecule has 0 aliphatic carbocycles. The average Bonchev–Trinajstić information content (AvgIpc) is 2.92. The SMILES string of the molecule is CN(C)S(=O)(=O)C[C@@H]1COC[C@@H]1NC(=O)CCn1ccccc1=O. The van der Waals surface area contributed by atoms with Crippen LogP contribution in [0.25, 0.3) is 0 Å². The van der Waals surface area contributed by atoms with Crippen molar-refractivity contribution in [2.45, 2.75) is 19.0 Å². The Kier molecular flexibility index (Phi) is 6.14. The van der Waals surface area contributed by atoms with E-state index in [0.717, 1.165) is 0 Å². The molecule has 134 valence electrons. The van der Waals surface area contributed by atoms with Crippen LogP contribution in [0.4, 0.5) is 0 Å². The van der Waals surface area contributed by atoms with Crippen LogP contribution in [-0.4, -0.2) is 62.3 Å². The number of nitrogens with one attached hydrogen (secondary N) is 1. The maximum Gasteiger partial charge on any atom is 0.250 e. The lowest BCUT2D eigenvalue weighted by Gasteiger charge is -2.21. The van der Waals surface area contributed by atoms with Gasteiger partial charge in [-0.25, -0.2) is 12.7 Å². The molecule has 0 radical (unpaired) electrons. The summed E-state index contributed by atoms with van der Waals surface area (Å²) in [4.78, 5) is 23.7. The Morgan fingerprint density at radius 3 is 2.79 bits per heavy atom. The van der Waals surface area contributed by atoms with Crippen molar-refractivity contribution in [3.05, 3.63) is 34.7 Å². The number of hydrogen-bond acceptors (Lipinski definition) is 5. The Hall–Kier alpha value is -1.71. The molecule has 1 N–H and O–H groups in total. The summed E-state index contributed by atoms with van der Waals surface area (Å²) in [7, 11) is -0.390. The fourth-order valence-corrected chi connectivity index (χ4v) is 3.66. The van der Waals surface area contributed by atoms with Gasteiger partial charge >= 0.3 is 0 Å². The molecule has 0 saturated carbocycles. The van der Waals surface area contributed by atoms with E-state index >= 15 is 0 Å². The topological polar surface area (TPSA) is 97.7 Å². The van der Waals surface area contributed by atoms with Crippen LogP contribution in [0.1, 0.15) is 6.42 Å². The smallest absolute Gasteiger partial charge is 0.250 e. The molecule has 8 nitrogen and oxygen atoms in total. The number of amides is 1. The molecule has 24 heavy (non-hydrogen) atoms. The summed E-state index contributed by atoms with van der Waals surface area (Å²) in [6.07, 6.45) is 1.77. The Morgan fingerprint density at radius 2 is 2.12 bits per heavy atom. The molecular weight excluding hydrogens is 334 g/mol. The second kappa shape index (κ2) is 7.91. The third-order valence-electron chi connectivity index (χ3n) is 4.00. The van der Waals surface area contributed by atoms with E-state index in [-0.39, 0.29) is 42.1 Å². The van der Waals surface area contributed by atoms with Crippen LogP contribution >= 0.6 is 0 Å². The standard InChI is InChI=1S/C15H23N3O5S/c1-17(2)24(21,22)11-12-9-23-10-13(12)16-14(19)6-8-18-7-4-3-5-15(18)20/h3-5,7,12-13H,6,8-11H2,1-2H3,(H,16,19)/t12-,13-/m0/s1. The summed E-state index contributed by atoms with van der Waals surface area (Å²) in [5.74, 6) is -0.572. The largest absolute Gasteiger partial charge is 0.379 e. The van der Waals surface area contributed by atoms with E-state index in [9.17, 15) is 18.0 Å². The Balaban J connectivity index is 1.88. The number of sulfonamides is 1. The van der Waals surface area contributed by atoms with Crippen molar-refractivity contribution < 1.29 is 17.9 Å². The van der Waals surface area contributed by atoms with Crippen molar-refractivity contribution in [1.29, 1.82) is 0 Å². The zero-order valence-electron chi connectivity index (χ0n) is 13.8. The summed E-state index contributed by atoms with van der Waals surface area (Å²) in [5.41, 5.74) is -0.163. The molecule has 0 spiro atoms. The minimum absolute atomic E-state index is 0.0664. The number of rotatable bonds is 7. The van der Waals surface area contributed by atoms with Crippen LogP contribution in [0, 0.1) is 5.92 Å². The van der Waals surface area contributed by atoms with Crippen LogP contribution in [0.3, 0.4) is 0 Å². The van der Waals surface area contributed by atoms with E-state index in [1.54, 1.807) is 18.3 Å². The lowest BCUT2D eigenvalue weighted by atomic mass is 10.1. The van der Waals surface area contributed by atoms with Gasteiger partial charge in [-0.2, -0.15) is 0 Å². The van der Waals surface area contributed by atoms with Gasteiger partial charge in [-0.05, 0) is 6.07 Å². The molecule has 9 heteroatoms. The third kappa shape index (κ3) is 4.89. The molecule has 0 aromatic carbocycles. The van der Waals surface area contributed by atoms with Crippen LogP contribution in [-0.2, 0) is 26.1 Å². The highest BCUT2D eigenvalue weighted by molar-refractivity contribution is 7.89. The number of ether oxygens (including phenoxy) is 1. The normalized spacial score (nSPS) is 21.1. The summed E-state index contributed by atoms with van der Waals surface area (Å²) < 4.78 is 31.9. The molecule has 0 unspecified atom stereocenters. The van der Waals surface area contributed by atoms with Gasteiger partial charge in [0.25, 0.3) is 5.56 Å². The van der Waals surface area contributed by atoms with Crippen molar-refractivity contribution in [1.82, 2.24) is 14.2 Å². The zero-order valence-corrected chi connectivity index (χ0v) is 14.7. The van der Waals surface area contributed by atoms with Crippen LogP contribution in [0.5, 0.6) is 0 Å². The Bertz CT molecular complexity index is 729. The minimum Gasteiger partial charge on any atom is -0.379 e. The quantitative estimate of drug-likeness (QED) is 0.693. The number of nitrogens with zero attached hydrogens (tertiary/aromatic N) is 2. The zero-order chi connectivity index (χ0) is 17.7. The van der Waals surface area contributed by atoms with Gasteiger partial charge in [-0.15, -0.1) is 0 Å². The first-order chi connectivity index (χ1) is 11.3. The van der Waals surface area contributed by atoms with Crippen molar-refractivity contribution in [3.8, 4) is 0 Å². The molecule has 2 atom stereocenters. The van der Waals surface area contributed by atoms with Crippen molar-refractivity contribution in [2.24, 2.45) is 5.92 Å². The Labute approximate surface area is 141 Å². The molecule has 1 aromatic rings. The van der Waals surface area contributed by atoms with Gasteiger partial charge in [0.15, 0.2) is 0 Å². The maximum absolute atomic E-state index is 12.1. The second-order valence-corrected chi connectivity index (χ2v) is 8.24. The van der Waals surface area contributed by atoms with E-state index in [4.69, 9.17) is 4.74 Å². The molecule has 1 fully saturated rings. The highest BCUT2D eigenvalue weighted by Gasteiger charge is 2.33. The molecule has 2 heterocycles. The monoisotopic (exact) mass is 357 g/mol. The molecule has 1 saturated heterocycles. The predicted molar refractivity (Wildman–Crippen MR) is 89.0 cm³/mol. The molecule has 1 amide bonds. The van der Waals surface area contributed by atoms with Crippen molar-refractivity contribution in [2.75, 3.05) is 33.1 Å². The third-order valence-corrected chi connectivity index (χ3v) is 5.97. The second-order valence-electron chi connectivity index (χ2n) is 6.01. The van der Waals surface area contributed by atoms with Gasteiger partial charge < -0.3 is 14.6 Å². The highest BCUT2D eigenvalue weighted by atomic mass is 32.2. The fraction of sp³-hybridized carbons (Fsp3) is 0.600. The van der Waals surface area contributed by atoms with Gasteiger partial charge in [0.1, 0.15) is 0 Å². The molecule has 1 aliphatic heterocycles. The van der Waals surface area contributed by atoms with E-state index in [1.807, 2.05) is 0 Å². The number of carbonyl (C=O) groups excluding carboxylic acids is 1. The first-order valence-corrected chi connectivity index (χ1v) is 9.33. The molecule has 1 aliphatic rings. The molecule has 2 rings (SSSR count). The van der Waals surface area contributed by atoms with Crippen molar-refractivity contribution in [3.63, 3.8) is 0 Å². The van der Waals surface area contributed by atoms with Gasteiger partial charge in [0, 0.05) is 45.2 Å². The van der Waals surface area contributed by atoms with E-state index in [1.165, 1.54) is 29.0 Å². The lowest BCUT2D eigenvalue weighted by molar-refractivity contribution is -0.122. The predicted octanol–water partition coefficient (Wildman–Crippen LogP) is -0.739. The van der Waals surface area contributed by atoms with E-state index in [2.05, 4.69) is 5.32 Å². The maximum atomic E-state index is 12.1. The van der Waals surface area contributed by atoms with E-state index < -0.39 is 10.0 Å². The number of carbonyl (C=O) groups is 1. The number of aryl methyl sites for hydroxylation is 1. The molecule has 1 aromatic heterocycles. The minimum atomic E-state index is -3.35. The molecular formula is C15H23N3O5S. The van der Waals surface area contributed by atoms with Crippen LogP contribution in [0.2, 0.25) is 0 Å². The van der Waals surface area contributed by atoms with Gasteiger partial charge in [0.2, 0.25) is 15.9 Å². The Morgan fingerprint density at radius 1 is 1.38 bits per heavy atom. The number of hydrogen-bond donors (Lipinski definition) is 1. The fourth-order valence-electron chi connectivity index (χ4n) is 2.49. The first kappa shape index (κ1) is 18.6.